The van der Waals surface area contributed by atoms with Crippen molar-refractivity contribution >= 4 is 17.8 Å². The molecule has 10 nitrogen and oxygen atoms in total. The minimum atomic E-state index is -1.14. The summed E-state index contributed by atoms with van der Waals surface area (Å²) in [5, 5.41) is 24.3. The minimum Gasteiger partial charge on any atom is -0.480 e. The number of aromatic nitrogens is 4. The van der Waals surface area contributed by atoms with Crippen molar-refractivity contribution in [3.63, 3.8) is 0 Å². The van der Waals surface area contributed by atoms with Crippen molar-refractivity contribution in [2.45, 2.75) is 39.3 Å². The van der Waals surface area contributed by atoms with Crippen LogP contribution >= 0.6 is 0 Å². The quantitative estimate of drug-likeness (QED) is 0.521. The van der Waals surface area contributed by atoms with Gasteiger partial charge in [-0.05, 0) is 23.8 Å². The van der Waals surface area contributed by atoms with Gasteiger partial charge in [0.15, 0.2) is 5.82 Å². The summed E-state index contributed by atoms with van der Waals surface area (Å²) in [4.78, 5) is 33.9. The first-order valence-electron chi connectivity index (χ1n) is 6.48. The van der Waals surface area contributed by atoms with E-state index in [4.69, 9.17) is 5.11 Å². The summed E-state index contributed by atoms with van der Waals surface area (Å²) in [7, 11) is 0. The Kier molecular flexibility index (Phi) is 6.24. The molecule has 0 fully saturated rings. The number of hydrogen-bond acceptors (Lipinski definition) is 6. The Morgan fingerprint density at radius 2 is 2.05 bits per heavy atom. The number of nitrogens with zero attached hydrogens (tertiary/aromatic N) is 4. The van der Waals surface area contributed by atoms with E-state index < -0.39 is 17.9 Å². The SMILES string of the molecule is CCCNC(=O)Cn1nnnc1CC(=O)NC(C)C(=O)O. The number of carbonyl (C=O) groups excluding carboxylic acids is 2. The summed E-state index contributed by atoms with van der Waals surface area (Å²) in [6.07, 6.45) is 0.607. The van der Waals surface area contributed by atoms with Crippen molar-refractivity contribution in [3.8, 4) is 0 Å². The molecule has 1 aromatic rings. The maximum atomic E-state index is 11.7. The van der Waals surface area contributed by atoms with Gasteiger partial charge in [-0.3, -0.25) is 14.4 Å². The van der Waals surface area contributed by atoms with Crippen molar-refractivity contribution < 1.29 is 19.5 Å². The average Bonchev–Trinajstić information content (AvgIpc) is 2.83. The Hall–Kier alpha value is -2.52. The summed E-state index contributed by atoms with van der Waals surface area (Å²) < 4.78 is 1.20. The second-order valence-corrected chi connectivity index (χ2v) is 4.41. The van der Waals surface area contributed by atoms with Crippen molar-refractivity contribution in [2.24, 2.45) is 0 Å². The van der Waals surface area contributed by atoms with Crippen LogP contribution < -0.4 is 10.6 Å². The Labute approximate surface area is 120 Å². The van der Waals surface area contributed by atoms with Crippen molar-refractivity contribution in [2.75, 3.05) is 6.54 Å². The molecule has 1 aromatic heterocycles. The molecule has 0 aliphatic heterocycles. The third-order valence-electron chi connectivity index (χ3n) is 2.54. The van der Waals surface area contributed by atoms with Crippen LogP contribution in [0.1, 0.15) is 26.1 Å². The second-order valence-electron chi connectivity index (χ2n) is 4.41. The van der Waals surface area contributed by atoms with Gasteiger partial charge >= 0.3 is 5.97 Å². The molecule has 1 unspecified atom stereocenters. The van der Waals surface area contributed by atoms with Crippen LogP contribution in [0.5, 0.6) is 0 Å². The van der Waals surface area contributed by atoms with Crippen LogP contribution in [0.2, 0.25) is 0 Å². The van der Waals surface area contributed by atoms with Crippen LogP contribution in [0.25, 0.3) is 0 Å². The van der Waals surface area contributed by atoms with E-state index in [0.717, 1.165) is 6.42 Å². The van der Waals surface area contributed by atoms with Crippen molar-refractivity contribution in [3.05, 3.63) is 5.82 Å². The van der Waals surface area contributed by atoms with Gasteiger partial charge in [0.1, 0.15) is 12.6 Å². The van der Waals surface area contributed by atoms with Crippen LogP contribution in [0.3, 0.4) is 0 Å². The van der Waals surface area contributed by atoms with Gasteiger partial charge in [-0.25, -0.2) is 4.68 Å². The normalized spacial score (nSPS) is 11.7. The number of tetrazole rings is 1. The highest BCUT2D eigenvalue weighted by atomic mass is 16.4. The lowest BCUT2D eigenvalue weighted by atomic mass is 10.3. The zero-order valence-electron chi connectivity index (χ0n) is 11.9. The molecule has 0 saturated carbocycles. The van der Waals surface area contributed by atoms with Gasteiger partial charge in [0.05, 0.1) is 6.42 Å². The van der Waals surface area contributed by atoms with Crippen LogP contribution in [0.15, 0.2) is 0 Å². The lowest BCUT2D eigenvalue weighted by molar-refractivity contribution is -0.141. The highest BCUT2D eigenvalue weighted by Crippen LogP contribution is 1.95. The third kappa shape index (κ3) is 5.55. The maximum Gasteiger partial charge on any atom is 0.325 e. The molecule has 1 rings (SSSR count). The number of carbonyl (C=O) groups is 3. The predicted molar refractivity (Wildman–Crippen MR) is 70.1 cm³/mol. The molecule has 1 heterocycles. The number of rotatable bonds is 8. The molecule has 0 spiro atoms. The maximum absolute atomic E-state index is 11.7. The van der Waals surface area contributed by atoms with E-state index in [9.17, 15) is 14.4 Å². The second kappa shape index (κ2) is 7.92. The third-order valence-corrected chi connectivity index (χ3v) is 2.54. The fourth-order valence-corrected chi connectivity index (χ4v) is 1.43. The Morgan fingerprint density at radius 3 is 2.67 bits per heavy atom. The first kappa shape index (κ1) is 16.5. The molecule has 0 saturated heterocycles. The standard InChI is InChI=1S/C11H18N6O4/c1-3-4-12-10(19)6-17-8(14-15-16-17)5-9(18)13-7(2)11(20)21/h7H,3-6H2,1-2H3,(H,12,19)(H,13,18)(H,20,21). The lowest BCUT2D eigenvalue weighted by Crippen LogP contribution is -2.39. The number of carboxylic acids is 1. The minimum absolute atomic E-state index is 0.0932. The van der Waals surface area contributed by atoms with E-state index >= 15 is 0 Å². The van der Waals surface area contributed by atoms with E-state index in [-0.39, 0.29) is 24.7 Å². The van der Waals surface area contributed by atoms with Crippen LogP contribution in [-0.2, 0) is 27.3 Å². The van der Waals surface area contributed by atoms with Crippen LogP contribution in [0, 0.1) is 0 Å². The van der Waals surface area contributed by atoms with E-state index in [1.807, 2.05) is 6.92 Å². The summed E-state index contributed by atoms with van der Waals surface area (Å²) >= 11 is 0. The van der Waals surface area contributed by atoms with Crippen molar-refractivity contribution in [1.82, 2.24) is 30.8 Å². The zero-order valence-corrected chi connectivity index (χ0v) is 11.9. The van der Waals surface area contributed by atoms with Gasteiger partial charge in [-0.1, -0.05) is 6.92 Å². The number of nitrogens with one attached hydrogen (secondary N) is 2. The summed E-state index contributed by atoms with van der Waals surface area (Å²) in [6, 6.07) is -1.00. The van der Waals surface area contributed by atoms with Crippen LogP contribution in [-0.4, -0.2) is 55.7 Å². The molecule has 0 aromatic carbocycles. The van der Waals surface area contributed by atoms with E-state index in [2.05, 4.69) is 26.2 Å². The highest BCUT2D eigenvalue weighted by molar-refractivity contribution is 5.84. The summed E-state index contributed by atoms with van der Waals surface area (Å²) in [5.41, 5.74) is 0. The van der Waals surface area contributed by atoms with Crippen molar-refractivity contribution in [1.29, 1.82) is 0 Å². The molecule has 0 aliphatic carbocycles. The molecule has 1 atom stereocenters. The Balaban J connectivity index is 2.57. The molecule has 0 aliphatic rings. The zero-order chi connectivity index (χ0) is 15.8. The van der Waals surface area contributed by atoms with Gasteiger partial charge in [-0.15, -0.1) is 5.10 Å². The topological polar surface area (TPSA) is 139 Å². The average molecular weight is 298 g/mol. The van der Waals surface area contributed by atoms with Crippen LogP contribution in [0.4, 0.5) is 0 Å². The summed E-state index contributed by atoms with van der Waals surface area (Å²) in [6.45, 7) is 3.73. The molecule has 2 amide bonds. The lowest BCUT2D eigenvalue weighted by Gasteiger charge is -2.09. The summed E-state index contributed by atoms with van der Waals surface area (Å²) in [5.74, 6) is -1.74. The fraction of sp³-hybridized carbons (Fsp3) is 0.636. The molecular weight excluding hydrogens is 280 g/mol. The molecule has 10 heteroatoms. The van der Waals surface area contributed by atoms with Gasteiger partial charge in [0, 0.05) is 6.54 Å². The fourth-order valence-electron chi connectivity index (χ4n) is 1.43. The van der Waals surface area contributed by atoms with Gasteiger partial charge < -0.3 is 15.7 Å². The molecular formula is C11H18N6O4. The first-order valence-corrected chi connectivity index (χ1v) is 6.48. The number of amides is 2. The molecule has 116 valence electrons. The van der Waals surface area contributed by atoms with Gasteiger partial charge in [-0.2, -0.15) is 0 Å². The predicted octanol–water partition coefficient (Wildman–Crippen LogP) is -1.67. The molecule has 0 radical (unpaired) electrons. The Bertz CT molecular complexity index is 515. The molecule has 0 bridgehead atoms. The monoisotopic (exact) mass is 298 g/mol. The van der Waals surface area contributed by atoms with E-state index in [1.54, 1.807) is 0 Å². The molecule has 21 heavy (non-hydrogen) atoms. The first-order chi connectivity index (χ1) is 9.93. The van der Waals surface area contributed by atoms with Gasteiger partial charge in [0.2, 0.25) is 11.8 Å². The number of hydrogen-bond donors (Lipinski definition) is 3. The molecule has 3 N–H and O–H groups in total. The largest absolute Gasteiger partial charge is 0.480 e. The highest BCUT2D eigenvalue weighted by Gasteiger charge is 2.17. The smallest absolute Gasteiger partial charge is 0.325 e. The Morgan fingerprint density at radius 1 is 1.33 bits per heavy atom. The van der Waals surface area contributed by atoms with E-state index in [1.165, 1.54) is 11.6 Å². The van der Waals surface area contributed by atoms with Gasteiger partial charge in [0.25, 0.3) is 0 Å². The number of carboxylic acid groups (broad SMARTS) is 1. The van der Waals surface area contributed by atoms with E-state index in [0.29, 0.717) is 6.54 Å². The number of aliphatic carboxylic acids is 1.